The van der Waals surface area contributed by atoms with E-state index in [1.165, 1.54) is 11.1 Å². The predicted molar refractivity (Wildman–Crippen MR) is 129 cm³/mol. The molecule has 0 N–H and O–H groups in total. The molecule has 1 fully saturated rings. The minimum atomic E-state index is 0.0547. The molecule has 2 amide bonds. The van der Waals surface area contributed by atoms with E-state index in [0.29, 0.717) is 24.5 Å². The van der Waals surface area contributed by atoms with Crippen LogP contribution >= 0.6 is 11.8 Å². The van der Waals surface area contributed by atoms with Crippen LogP contribution in [0.1, 0.15) is 32.6 Å². The third kappa shape index (κ3) is 4.34. The summed E-state index contributed by atoms with van der Waals surface area (Å²) < 4.78 is 0. The Labute approximate surface area is 192 Å². The summed E-state index contributed by atoms with van der Waals surface area (Å²) in [4.78, 5) is 30.3. The molecule has 0 aliphatic carbocycles. The van der Waals surface area contributed by atoms with Crippen LogP contribution in [0.5, 0.6) is 0 Å². The van der Waals surface area contributed by atoms with Gasteiger partial charge in [0.2, 0.25) is 0 Å². The fourth-order valence-corrected chi connectivity index (χ4v) is 5.15. The van der Waals surface area contributed by atoms with Gasteiger partial charge in [-0.1, -0.05) is 78.5 Å². The van der Waals surface area contributed by atoms with Crippen LogP contribution in [0.4, 0.5) is 0 Å². The number of fused-ring (bicyclic) bond motifs is 1. The third-order valence-corrected chi connectivity index (χ3v) is 7.01. The summed E-state index contributed by atoms with van der Waals surface area (Å²) in [6.45, 7) is 2.02. The van der Waals surface area contributed by atoms with Crippen molar-refractivity contribution in [2.45, 2.75) is 19.5 Å². The lowest BCUT2D eigenvalue weighted by molar-refractivity contribution is -0.125. The number of benzene rings is 3. The third-order valence-electron chi connectivity index (χ3n) is 5.96. The lowest BCUT2D eigenvalue weighted by Crippen LogP contribution is -2.35. The maximum atomic E-state index is 13.0. The van der Waals surface area contributed by atoms with Crippen LogP contribution < -0.4 is 0 Å². The molecule has 0 unspecified atom stereocenters. The quantitative estimate of drug-likeness (QED) is 0.539. The molecule has 3 aromatic rings. The highest BCUT2D eigenvalue weighted by atomic mass is 32.2. The molecule has 0 atom stereocenters. The molecule has 0 aromatic heterocycles. The molecular weight excluding hydrogens is 416 g/mol. The largest absolute Gasteiger partial charge is 0.334 e. The van der Waals surface area contributed by atoms with E-state index in [-0.39, 0.29) is 11.8 Å². The second-order valence-corrected chi connectivity index (χ2v) is 9.12. The first-order chi connectivity index (χ1) is 15.7. The van der Waals surface area contributed by atoms with Gasteiger partial charge in [0, 0.05) is 25.2 Å². The van der Waals surface area contributed by atoms with E-state index in [2.05, 4.69) is 18.2 Å². The Morgan fingerprint density at radius 2 is 1.62 bits per heavy atom. The second kappa shape index (κ2) is 9.05. The van der Waals surface area contributed by atoms with Gasteiger partial charge in [-0.25, -0.2) is 0 Å². The molecule has 0 radical (unpaired) electrons. The fraction of sp³-hybridized carbons (Fsp3) is 0.185. The number of amides is 2. The minimum Gasteiger partial charge on any atom is -0.334 e. The summed E-state index contributed by atoms with van der Waals surface area (Å²) in [6.07, 6.45) is 2.81. The minimum absolute atomic E-state index is 0.0547. The van der Waals surface area contributed by atoms with Crippen LogP contribution in [0.15, 0.2) is 83.8 Å². The lowest BCUT2D eigenvalue weighted by Gasteiger charge is -2.29. The van der Waals surface area contributed by atoms with Crippen molar-refractivity contribution < 1.29 is 9.59 Å². The summed E-state index contributed by atoms with van der Waals surface area (Å²) in [5.41, 5.74) is 5.31. The average Bonchev–Trinajstić information content (AvgIpc) is 3.18. The maximum absolute atomic E-state index is 13.0. The Balaban J connectivity index is 1.24. The van der Waals surface area contributed by atoms with Gasteiger partial charge in [-0.3, -0.25) is 9.59 Å². The zero-order valence-electron chi connectivity index (χ0n) is 17.7. The number of rotatable bonds is 4. The maximum Gasteiger partial charge on any atom is 0.261 e. The first-order valence-corrected chi connectivity index (χ1v) is 11.8. The van der Waals surface area contributed by atoms with Crippen LogP contribution in [0.2, 0.25) is 0 Å². The summed E-state index contributed by atoms with van der Waals surface area (Å²) in [7, 11) is 0. The number of hydrogen-bond acceptors (Lipinski definition) is 3. The van der Waals surface area contributed by atoms with Crippen molar-refractivity contribution in [2.24, 2.45) is 0 Å². The number of nitrogens with zero attached hydrogens (tertiary/aromatic N) is 2. The van der Waals surface area contributed by atoms with E-state index in [9.17, 15) is 9.59 Å². The van der Waals surface area contributed by atoms with Crippen LogP contribution in [-0.2, 0) is 24.3 Å². The van der Waals surface area contributed by atoms with E-state index < -0.39 is 0 Å². The smallest absolute Gasteiger partial charge is 0.261 e. The van der Waals surface area contributed by atoms with E-state index in [0.717, 1.165) is 29.0 Å². The fourth-order valence-electron chi connectivity index (χ4n) is 4.17. The first-order valence-electron chi connectivity index (χ1n) is 10.8. The van der Waals surface area contributed by atoms with E-state index in [4.69, 9.17) is 0 Å². The summed E-state index contributed by atoms with van der Waals surface area (Å²) in [6, 6.07) is 25.9. The summed E-state index contributed by atoms with van der Waals surface area (Å²) in [5, 5.41) is 0. The zero-order chi connectivity index (χ0) is 21.9. The van der Waals surface area contributed by atoms with Crippen LogP contribution in [0.3, 0.4) is 0 Å². The summed E-state index contributed by atoms with van der Waals surface area (Å²) in [5.74, 6) is 0.775. The van der Waals surface area contributed by atoms with Crippen molar-refractivity contribution >= 4 is 29.7 Å². The SMILES string of the molecule is O=C1/C(=C/c2ccc(C(=O)N3CCc4ccccc4C3)cc2)SCN1Cc1ccccc1. The van der Waals surface area contributed by atoms with Crippen molar-refractivity contribution in [3.8, 4) is 0 Å². The molecule has 0 spiro atoms. The monoisotopic (exact) mass is 440 g/mol. The molecule has 5 rings (SSSR count). The topological polar surface area (TPSA) is 40.6 Å². The van der Waals surface area contributed by atoms with Gasteiger partial charge in [0.15, 0.2) is 0 Å². The van der Waals surface area contributed by atoms with E-state index in [1.54, 1.807) is 11.8 Å². The van der Waals surface area contributed by atoms with Crippen molar-refractivity contribution in [1.29, 1.82) is 0 Å². The molecule has 1 saturated heterocycles. The van der Waals surface area contributed by atoms with Gasteiger partial charge < -0.3 is 9.80 Å². The van der Waals surface area contributed by atoms with Crippen LogP contribution in [0, 0.1) is 0 Å². The highest BCUT2D eigenvalue weighted by Crippen LogP contribution is 2.31. The molecule has 0 saturated carbocycles. The molecule has 2 heterocycles. The van der Waals surface area contributed by atoms with Crippen molar-refractivity contribution in [3.05, 3.63) is 112 Å². The van der Waals surface area contributed by atoms with E-state index >= 15 is 0 Å². The molecule has 32 heavy (non-hydrogen) atoms. The highest BCUT2D eigenvalue weighted by Gasteiger charge is 2.27. The van der Waals surface area contributed by atoms with Gasteiger partial charge in [-0.2, -0.15) is 0 Å². The Morgan fingerprint density at radius 3 is 2.41 bits per heavy atom. The standard InChI is InChI=1S/C27H24N2O2S/c30-26(28-15-14-22-8-4-5-9-24(22)18-28)23-12-10-20(11-13-23)16-25-27(31)29(19-32-25)17-21-6-2-1-3-7-21/h1-13,16H,14-15,17-19H2/b25-16-. The molecule has 2 aliphatic rings. The van der Waals surface area contributed by atoms with Gasteiger partial charge in [-0.05, 0) is 46.9 Å². The van der Waals surface area contributed by atoms with E-state index in [1.807, 2.05) is 76.5 Å². The van der Waals surface area contributed by atoms with Crippen molar-refractivity contribution in [2.75, 3.05) is 12.4 Å². The molecule has 4 nitrogen and oxygen atoms in total. The molecular formula is C27H24N2O2S. The molecule has 160 valence electrons. The number of thioether (sulfide) groups is 1. The van der Waals surface area contributed by atoms with Crippen molar-refractivity contribution in [1.82, 2.24) is 9.80 Å². The average molecular weight is 441 g/mol. The van der Waals surface area contributed by atoms with Crippen molar-refractivity contribution in [3.63, 3.8) is 0 Å². The van der Waals surface area contributed by atoms with Gasteiger partial charge in [-0.15, -0.1) is 0 Å². The first kappa shape index (κ1) is 20.6. The second-order valence-electron chi connectivity index (χ2n) is 8.14. The lowest BCUT2D eigenvalue weighted by atomic mass is 9.99. The molecule has 0 bridgehead atoms. The van der Waals surface area contributed by atoms with Gasteiger partial charge >= 0.3 is 0 Å². The Kier molecular flexibility index (Phi) is 5.82. The summed E-state index contributed by atoms with van der Waals surface area (Å²) >= 11 is 1.56. The molecule has 3 aromatic carbocycles. The molecule has 2 aliphatic heterocycles. The van der Waals surface area contributed by atoms with Gasteiger partial charge in [0.25, 0.3) is 11.8 Å². The number of hydrogen-bond donors (Lipinski definition) is 0. The highest BCUT2D eigenvalue weighted by molar-refractivity contribution is 8.04. The van der Waals surface area contributed by atoms with Gasteiger partial charge in [0.1, 0.15) is 0 Å². The Bertz CT molecular complexity index is 1170. The number of carbonyl (C=O) groups excluding carboxylic acids is 2. The van der Waals surface area contributed by atoms with Crippen LogP contribution in [0.25, 0.3) is 6.08 Å². The Morgan fingerprint density at radius 1 is 0.906 bits per heavy atom. The zero-order valence-corrected chi connectivity index (χ0v) is 18.6. The van der Waals surface area contributed by atoms with Crippen LogP contribution in [-0.4, -0.2) is 34.0 Å². The predicted octanol–water partition coefficient (Wildman–Crippen LogP) is 4.96. The molecule has 5 heteroatoms. The Hall–Kier alpha value is -3.31. The number of carbonyl (C=O) groups is 2. The van der Waals surface area contributed by atoms with Gasteiger partial charge in [0.05, 0.1) is 10.8 Å². The normalized spacial score (nSPS) is 17.0.